The topological polar surface area (TPSA) is 54.0 Å². The average molecular weight is 349 g/mol. The van der Waals surface area contributed by atoms with E-state index in [1.165, 1.54) is 6.07 Å². The van der Waals surface area contributed by atoms with Crippen LogP contribution in [0.1, 0.15) is 22.9 Å². The van der Waals surface area contributed by atoms with E-state index in [1.54, 1.807) is 24.4 Å². The molecule has 132 valence electrons. The summed E-state index contributed by atoms with van der Waals surface area (Å²) in [6.45, 7) is 0.261. The second kappa shape index (κ2) is 8.87. The van der Waals surface area contributed by atoms with Crippen LogP contribution >= 0.6 is 0 Å². The second-order valence-electron chi connectivity index (χ2n) is 5.85. The van der Waals surface area contributed by atoms with Crippen molar-refractivity contribution in [3.63, 3.8) is 0 Å². The molecule has 4 nitrogen and oxygen atoms in total. The second-order valence-corrected chi connectivity index (χ2v) is 5.85. The van der Waals surface area contributed by atoms with Crippen LogP contribution in [0.15, 0.2) is 79.0 Å². The number of aromatic nitrogens is 1. The van der Waals surface area contributed by atoms with Gasteiger partial charge in [-0.25, -0.2) is 4.39 Å². The van der Waals surface area contributed by atoms with Gasteiger partial charge in [0.2, 0.25) is 5.91 Å². The Kier molecular flexibility index (Phi) is 6.06. The van der Waals surface area contributed by atoms with Crippen LogP contribution in [-0.4, -0.2) is 17.4 Å². The summed E-state index contributed by atoms with van der Waals surface area (Å²) >= 11 is 0. The van der Waals surface area contributed by atoms with E-state index in [2.05, 4.69) is 15.6 Å². The molecule has 5 heteroatoms. The Morgan fingerprint density at radius 3 is 2.42 bits per heavy atom. The molecule has 0 saturated heterocycles. The van der Waals surface area contributed by atoms with Gasteiger partial charge in [-0.3, -0.25) is 15.1 Å². The Labute approximate surface area is 152 Å². The van der Waals surface area contributed by atoms with Gasteiger partial charge >= 0.3 is 0 Å². The van der Waals surface area contributed by atoms with Crippen molar-refractivity contribution < 1.29 is 9.18 Å². The van der Waals surface area contributed by atoms with Gasteiger partial charge in [-0.2, -0.15) is 0 Å². The lowest BCUT2D eigenvalue weighted by molar-refractivity contribution is -0.120. The van der Waals surface area contributed by atoms with Gasteiger partial charge in [0.1, 0.15) is 5.82 Å². The number of pyridine rings is 1. The number of benzene rings is 2. The van der Waals surface area contributed by atoms with E-state index in [9.17, 15) is 9.18 Å². The Morgan fingerprint density at radius 1 is 0.962 bits per heavy atom. The molecule has 0 unspecified atom stereocenters. The number of nitrogens with zero attached hydrogens (tertiary/aromatic N) is 1. The standard InChI is InChI=1S/C21H20FN3O/c22-18-11-5-4-10-17(18)14-24-20(26)15-25-21(16-8-2-1-3-9-16)19-12-6-7-13-23-19/h1-13,21,25H,14-15H2,(H,24,26)/t21-/m0/s1. The van der Waals surface area contributed by atoms with Gasteiger partial charge in [0.15, 0.2) is 0 Å². The molecule has 0 aliphatic heterocycles. The molecule has 0 fully saturated rings. The molecule has 1 amide bonds. The van der Waals surface area contributed by atoms with E-state index < -0.39 is 0 Å². The number of halogens is 1. The third-order valence-corrected chi connectivity index (χ3v) is 4.02. The molecule has 0 spiro atoms. The van der Waals surface area contributed by atoms with Crippen LogP contribution in [0.3, 0.4) is 0 Å². The first-order chi connectivity index (χ1) is 12.7. The van der Waals surface area contributed by atoms with Gasteiger partial charge in [0, 0.05) is 18.3 Å². The van der Waals surface area contributed by atoms with Crippen molar-refractivity contribution in [3.8, 4) is 0 Å². The number of hydrogen-bond donors (Lipinski definition) is 2. The highest BCUT2D eigenvalue weighted by atomic mass is 19.1. The summed E-state index contributed by atoms with van der Waals surface area (Å²) in [6, 6.07) is 21.7. The maximum atomic E-state index is 13.6. The Bertz CT molecular complexity index is 801. The summed E-state index contributed by atoms with van der Waals surface area (Å²) < 4.78 is 13.6. The molecule has 3 aromatic rings. The van der Waals surface area contributed by atoms with Gasteiger partial charge in [0.25, 0.3) is 0 Å². The molecule has 2 aromatic carbocycles. The van der Waals surface area contributed by atoms with Crippen molar-refractivity contribution in [1.82, 2.24) is 15.6 Å². The van der Waals surface area contributed by atoms with E-state index in [-0.39, 0.29) is 30.9 Å². The molecule has 0 aliphatic rings. The quantitative estimate of drug-likeness (QED) is 0.689. The minimum absolute atomic E-state index is 0.102. The molecule has 0 bridgehead atoms. The van der Waals surface area contributed by atoms with Crippen LogP contribution in [0.2, 0.25) is 0 Å². The molecule has 0 saturated carbocycles. The summed E-state index contributed by atoms with van der Waals surface area (Å²) in [6.07, 6.45) is 1.73. The zero-order valence-corrected chi connectivity index (χ0v) is 14.2. The van der Waals surface area contributed by atoms with Crippen LogP contribution in [-0.2, 0) is 11.3 Å². The lowest BCUT2D eigenvalue weighted by atomic mass is 10.0. The van der Waals surface area contributed by atoms with Gasteiger partial charge in [-0.05, 0) is 23.8 Å². The zero-order chi connectivity index (χ0) is 18.2. The summed E-state index contributed by atoms with van der Waals surface area (Å²) in [5.74, 6) is -0.526. The van der Waals surface area contributed by atoms with Crippen molar-refractivity contribution >= 4 is 5.91 Å². The molecule has 0 radical (unpaired) electrons. The zero-order valence-electron chi connectivity index (χ0n) is 14.2. The SMILES string of the molecule is O=C(CN[C@@H](c1ccccc1)c1ccccn1)NCc1ccccc1F. The van der Waals surface area contributed by atoms with Crippen LogP contribution in [0.25, 0.3) is 0 Å². The molecule has 1 heterocycles. The summed E-state index contributed by atoms with van der Waals surface area (Å²) in [5, 5.41) is 5.97. The van der Waals surface area contributed by atoms with Crippen LogP contribution < -0.4 is 10.6 Å². The number of nitrogens with one attached hydrogen (secondary N) is 2. The Hall–Kier alpha value is -3.05. The highest BCUT2D eigenvalue weighted by Gasteiger charge is 2.16. The fraction of sp³-hybridized carbons (Fsp3) is 0.143. The number of amides is 1. The first kappa shape index (κ1) is 17.8. The van der Waals surface area contributed by atoms with Crippen LogP contribution in [0.5, 0.6) is 0 Å². The van der Waals surface area contributed by atoms with E-state index in [4.69, 9.17) is 0 Å². The molecule has 3 rings (SSSR count). The number of rotatable bonds is 7. The van der Waals surface area contributed by atoms with Crippen LogP contribution in [0.4, 0.5) is 4.39 Å². The molecule has 26 heavy (non-hydrogen) atoms. The monoisotopic (exact) mass is 349 g/mol. The maximum absolute atomic E-state index is 13.6. The fourth-order valence-electron chi connectivity index (χ4n) is 2.68. The van der Waals surface area contributed by atoms with E-state index in [0.717, 1.165) is 11.3 Å². The lowest BCUT2D eigenvalue weighted by Gasteiger charge is -2.18. The first-order valence-electron chi connectivity index (χ1n) is 8.43. The smallest absolute Gasteiger partial charge is 0.234 e. The minimum atomic E-state index is -0.323. The van der Waals surface area contributed by atoms with E-state index in [1.807, 2.05) is 48.5 Å². The molecular formula is C21H20FN3O. The average Bonchev–Trinajstić information content (AvgIpc) is 2.69. The van der Waals surface area contributed by atoms with E-state index >= 15 is 0 Å². The molecule has 0 aliphatic carbocycles. The van der Waals surface area contributed by atoms with Crippen LogP contribution in [0, 0.1) is 5.82 Å². The molecule has 2 N–H and O–H groups in total. The minimum Gasteiger partial charge on any atom is -0.351 e. The number of carbonyl (C=O) groups is 1. The van der Waals surface area contributed by atoms with Gasteiger partial charge < -0.3 is 5.32 Å². The fourth-order valence-corrected chi connectivity index (χ4v) is 2.68. The third-order valence-electron chi connectivity index (χ3n) is 4.02. The van der Waals surface area contributed by atoms with Gasteiger partial charge in [-0.1, -0.05) is 54.6 Å². The number of hydrogen-bond acceptors (Lipinski definition) is 3. The predicted octanol–water partition coefficient (Wildman–Crippen LogP) is 3.22. The largest absolute Gasteiger partial charge is 0.351 e. The van der Waals surface area contributed by atoms with Crippen molar-refractivity contribution in [2.75, 3.05) is 6.54 Å². The van der Waals surface area contributed by atoms with Gasteiger partial charge in [-0.15, -0.1) is 0 Å². The Morgan fingerprint density at radius 2 is 1.69 bits per heavy atom. The van der Waals surface area contributed by atoms with Crippen molar-refractivity contribution in [2.24, 2.45) is 0 Å². The first-order valence-corrected chi connectivity index (χ1v) is 8.43. The Balaban J connectivity index is 1.63. The highest BCUT2D eigenvalue weighted by molar-refractivity contribution is 5.78. The summed E-state index contributed by atoms with van der Waals surface area (Å²) in [5.41, 5.74) is 2.32. The molecule has 1 aromatic heterocycles. The molecule has 1 atom stereocenters. The van der Waals surface area contributed by atoms with Crippen molar-refractivity contribution in [2.45, 2.75) is 12.6 Å². The van der Waals surface area contributed by atoms with E-state index in [0.29, 0.717) is 5.56 Å². The molecular weight excluding hydrogens is 329 g/mol. The normalized spacial score (nSPS) is 11.7. The highest BCUT2D eigenvalue weighted by Crippen LogP contribution is 2.19. The third kappa shape index (κ3) is 4.74. The predicted molar refractivity (Wildman–Crippen MR) is 98.8 cm³/mol. The summed E-state index contributed by atoms with van der Waals surface area (Å²) in [7, 11) is 0. The lowest BCUT2D eigenvalue weighted by Crippen LogP contribution is -2.36. The maximum Gasteiger partial charge on any atom is 0.234 e. The van der Waals surface area contributed by atoms with Crippen molar-refractivity contribution in [1.29, 1.82) is 0 Å². The van der Waals surface area contributed by atoms with Crippen molar-refractivity contribution in [3.05, 3.63) is 102 Å². The number of carbonyl (C=O) groups excluding carboxylic acids is 1. The summed E-state index contributed by atoms with van der Waals surface area (Å²) in [4.78, 5) is 16.6. The van der Waals surface area contributed by atoms with Gasteiger partial charge in [0.05, 0.1) is 18.3 Å².